The van der Waals surface area contributed by atoms with Crippen molar-refractivity contribution in [1.82, 2.24) is 4.98 Å². The minimum atomic E-state index is -0.234. The zero-order valence-corrected chi connectivity index (χ0v) is 17.4. The molecule has 0 saturated carbocycles. The Morgan fingerprint density at radius 2 is 1.86 bits per heavy atom. The molecule has 3 aromatic rings. The summed E-state index contributed by atoms with van der Waals surface area (Å²) in [5.41, 5.74) is 2.37. The molecule has 0 spiro atoms. The second-order valence-electron chi connectivity index (χ2n) is 6.35. The van der Waals surface area contributed by atoms with Gasteiger partial charge < -0.3 is 14.8 Å². The Bertz CT molecular complexity index is 982. The van der Waals surface area contributed by atoms with Crippen LogP contribution in [0.25, 0.3) is 6.08 Å². The molecule has 2 aromatic carbocycles. The molecule has 0 unspecified atom stereocenters. The number of aryl methyl sites for hydroxylation is 1. The Labute approximate surface area is 175 Å². The molecule has 6 heteroatoms. The number of benzene rings is 2. The monoisotopic (exact) mass is 408 g/mol. The lowest BCUT2D eigenvalue weighted by atomic mass is 10.2. The average Bonchev–Trinajstić information content (AvgIpc) is 3.16. The van der Waals surface area contributed by atoms with E-state index in [1.165, 1.54) is 6.08 Å². The van der Waals surface area contributed by atoms with Gasteiger partial charge in [0.1, 0.15) is 18.1 Å². The number of ether oxygens (including phenoxy) is 2. The largest absolute Gasteiger partial charge is 0.491 e. The molecule has 1 N–H and O–H groups in total. The molecule has 1 amide bonds. The van der Waals surface area contributed by atoms with Crippen molar-refractivity contribution in [2.75, 3.05) is 11.9 Å². The number of hydrogen-bond donors (Lipinski definition) is 1. The lowest BCUT2D eigenvalue weighted by Crippen LogP contribution is -2.09. The fourth-order valence-corrected chi connectivity index (χ4v) is 3.22. The van der Waals surface area contributed by atoms with Crippen LogP contribution in [0.4, 0.5) is 5.69 Å². The van der Waals surface area contributed by atoms with Gasteiger partial charge >= 0.3 is 0 Å². The molecule has 0 saturated heterocycles. The fourth-order valence-electron chi connectivity index (χ4n) is 2.62. The third-order valence-corrected chi connectivity index (χ3v) is 4.80. The summed E-state index contributed by atoms with van der Waals surface area (Å²) in [5.74, 6) is 1.13. The number of rotatable bonds is 9. The van der Waals surface area contributed by atoms with E-state index >= 15 is 0 Å². The van der Waals surface area contributed by atoms with Gasteiger partial charge in [-0.1, -0.05) is 37.3 Å². The molecular formula is C23H24N2O3S. The van der Waals surface area contributed by atoms with Crippen LogP contribution in [-0.4, -0.2) is 17.5 Å². The molecular weight excluding hydrogens is 384 g/mol. The predicted molar refractivity (Wildman–Crippen MR) is 118 cm³/mol. The van der Waals surface area contributed by atoms with E-state index in [-0.39, 0.29) is 5.91 Å². The Morgan fingerprint density at radius 1 is 1.10 bits per heavy atom. The molecule has 29 heavy (non-hydrogen) atoms. The summed E-state index contributed by atoms with van der Waals surface area (Å²) in [6.07, 6.45) is 4.14. The van der Waals surface area contributed by atoms with Crippen LogP contribution < -0.4 is 14.8 Å². The smallest absolute Gasteiger partial charge is 0.248 e. The highest BCUT2D eigenvalue weighted by Crippen LogP contribution is 2.24. The SMILES string of the molecule is CCCOc1ccccc1NC(=O)/C=C/c1ccccc1OCc1csc(C)n1. The predicted octanol–water partition coefficient (Wildman–Crippen LogP) is 5.47. The molecule has 0 aliphatic rings. The number of aromatic nitrogens is 1. The quantitative estimate of drug-likeness (QED) is 0.477. The van der Waals surface area contributed by atoms with E-state index in [9.17, 15) is 4.79 Å². The van der Waals surface area contributed by atoms with Crippen molar-refractivity contribution < 1.29 is 14.3 Å². The van der Waals surface area contributed by atoms with Gasteiger partial charge in [0.05, 0.1) is 23.0 Å². The highest BCUT2D eigenvalue weighted by molar-refractivity contribution is 7.09. The van der Waals surface area contributed by atoms with Gasteiger partial charge in [-0.15, -0.1) is 11.3 Å². The average molecular weight is 409 g/mol. The van der Waals surface area contributed by atoms with Crippen molar-refractivity contribution in [3.05, 3.63) is 76.3 Å². The van der Waals surface area contributed by atoms with Crippen molar-refractivity contribution in [2.24, 2.45) is 0 Å². The topological polar surface area (TPSA) is 60.5 Å². The third kappa shape index (κ3) is 6.19. The van der Waals surface area contributed by atoms with Crippen LogP contribution in [0, 0.1) is 6.92 Å². The van der Waals surface area contributed by atoms with Gasteiger partial charge in [0.25, 0.3) is 0 Å². The van der Waals surface area contributed by atoms with Gasteiger partial charge in [-0.05, 0) is 37.6 Å². The van der Waals surface area contributed by atoms with Gasteiger partial charge in [-0.25, -0.2) is 4.98 Å². The molecule has 150 valence electrons. The minimum Gasteiger partial charge on any atom is -0.491 e. The normalized spacial score (nSPS) is 10.8. The maximum Gasteiger partial charge on any atom is 0.248 e. The summed E-state index contributed by atoms with van der Waals surface area (Å²) >= 11 is 1.60. The Balaban J connectivity index is 1.64. The van der Waals surface area contributed by atoms with E-state index in [0.29, 0.717) is 30.4 Å². The molecule has 0 fully saturated rings. The van der Waals surface area contributed by atoms with Gasteiger partial charge in [0, 0.05) is 17.0 Å². The van der Waals surface area contributed by atoms with Crippen LogP contribution in [-0.2, 0) is 11.4 Å². The summed E-state index contributed by atoms with van der Waals surface area (Å²) in [5, 5.41) is 5.87. The number of nitrogens with zero attached hydrogens (tertiary/aromatic N) is 1. The maximum atomic E-state index is 12.4. The van der Waals surface area contributed by atoms with Gasteiger partial charge in [-0.2, -0.15) is 0 Å². The number of nitrogens with one attached hydrogen (secondary N) is 1. The van der Waals surface area contributed by atoms with Crippen molar-refractivity contribution in [2.45, 2.75) is 26.9 Å². The van der Waals surface area contributed by atoms with Crippen molar-refractivity contribution >= 4 is 29.0 Å². The lowest BCUT2D eigenvalue weighted by Gasteiger charge is -2.11. The van der Waals surface area contributed by atoms with Crippen molar-refractivity contribution in [3.8, 4) is 11.5 Å². The number of hydrogen-bond acceptors (Lipinski definition) is 5. The zero-order valence-electron chi connectivity index (χ0n) is 16.6. The first-order valence-electron chi connectivity index (χ1n) is 9.49. The summed E-state index contributed by atoms with van der Waals surface area (Å²) in [4.78, 5) is 16.8. The molecule has 0 aliphatic heterocycles. The number of thiazole rings is 1. The van der Waals surface area contributed by atoms with Gasteiger partial charge in [-0.3, -0.25) is 4.79 Å². The number of para-hydroxylation sites is 3. The summed E-state index contributed by atoms with van der Waals surface area (Å²) < 4.78 is 11.6. The zero-order chi connectivity index (χ0) is 20.5. The second-order valence-corrected chi connectivity index (χ2v) is 7.41. The first-order valence-corrected chi connectivity index (χ1v) is 10.4. The summed E-state index contributed by atoms with van der Waals surface area (Å²) in [6.45, 7) is 5.00. The van der Waals surface area contributed by atoms with E-state index in [2.05, 4.69) is 10.3 Å². The lowest BCUT2D eigenvalue weighted by molar-refractivity contribution is -0.111. The van der Waals surface area contributed by atoms with Crippen molar-refractivity contribution in [3.63, 3.8) is 0 Å². The number of carbonyl (C=O) groups is 1. The summed E-state index contributed by atoms with van der Waals surface area (Å²) in [6, 6.07) is 15.0. The molecule has 1 aromatic heterocycles. The van der Waals surface area contributed by atoms with Crippen LogP contribution in [0.15, 0.2) is 60.0 Å². The third-order valence-electron chi connectivity index (χ3n) is 3.98. The van der Waals surface area contributed by atoms with Crippen LogP contribution in [0.2, 0.25) is 0 Å². The Hall–Kier alpha value is -3.12. The van der Waals surface area contributed by atoms with E-state index in [4.69, 9.17) is 9.47 Å². The van der Waals surface area contributed by atoms with E-state index in [1.807, 2.05) is 67.8 Å². The molecule has 0 radical (unpaired) electrons. The Morgan fingerprint density at radius 3 is 2.62 bits per heavy atom. The molecule has 0 atom stereocenters. The number of anilines is 1. The van der Waals surface area contributed by atoms with E-state index in [1.54, 1.807) is 17.4 Å². The first kappa shape index (κ1) is 20.6. The molecule has 3 rings (SSSR count). The highest BCUT2D eigenvalue weighted by atomic mass is 32.1. The molecule has 5 nitrogen and oxygen atoms in total. The Kier molecular flexibility index (Phi) is 7.41. The first-order chi connectivity index (χ1) is 14.2. The fraction of sp³-hybridized carbons (Fsp3) is 0.217. The van der Waals surface area contributed by atoms with Crippen LogP contribution in [0.3, 0.4) is 0 Å². The second kappa shape index (κ2) is 10.4. The van der Waals surface area contributed by atoms with Gasteiger partial charge in [0.15, 0.2) is 0 Å². The van der Waals surface area contributed by atoms with E-state index < -0.39 is 0 Å². The summed E-state index contributed by atoms with van der Waals surface area (Å²) in [7, 11) is 0. The van der Waals surface area contributed by atoms with Crippen LogP contribution in [0.5, 0.6) is 11.5 Å². The van der Waals surface area contributed by atoms with Gasteiger partial charge in [0.2, 0.25) is 5.91 Å². The van der Waals surface area contributed by atoms with E-state index in [0.717, 1.165) is 22.7 Å². The molecule has 1 heterocycles. The standard InChI is InChI=1S/C23H24N2O3S/c1-3-14-27-22-11-7-5-9-20(22)25-23(26)13-12-18-8-4-6-10-21(18)28-15-19-16-29-17(2)24-19/h4-13,16H,3,14-15H2,1-2H3,(H,25,26)/b13-12+. The highest BCUT2D eigenvalue weighted by Gasteiger charge is 2.07. The van der Waals surface area contributed by atoms with Crippen LogP contribution >= 0.6 is 11.3 Å². The van der Waals surface area contributed by atoms with Crippen molar-refractivity contribution in [1.29, 1.82) is 0 Å². The molecule has 0 aliphatic carbocycles. The number of amides is 1. The molecule has 0 bridgehead atoms. The maximum absolute atomic E-state index is 12.4. The van der Waals surface area contributed by atoms with Crippen LogP contribution in [0.1, 0.15) is 29.6 Å². The number of carbonyl (C=O) groups excluding carboxylic acids is 1. The minimum absolute atomic E-state index is 0.234.